The highest BCUT2D eigenvalue weighted by molar-refractivity contribution is 5.84. The minimum absolute atomic E-state index is 0.466. The first kappa shape index (κ1) is 17.6. The van der Waals surface area contributed by atoms with E-state index in [0.717, 1.165) is 16.6 Å². The Hall–Kier alpha value is -3.51. The lowest BCUT2D eigenvalue weighted by Crippen LogP contribution is -2.29. The zero-order chi connectivity index (χ0) is 20.0. The van der Waals surface area contributed by atoms with Crippen LogP contribution in [0.25, 0.3) is 27.6 Å². The molecule has 5 rings (SSSR count). The first-order valence-electron chi connectivity index (χ1n) is 9.36. The summed E-state index contributed by atoms with van der Waals surface area (Å²) in [5.74, 6) is 0. The summed E-state index contributed by atoms with van der Waals surface area (Å²) in [4.78, 5) is 7.24. The lowest BCUT2D eigenvalue weighted by molar-refractivity contribution is 0.0534. The highest BCUT2D eigenvalue weighted by Crippen LogP contribution is 2.36. The predicted octanol–water partition coefficient (Wildman–Crippen LogP) is 4.42. The van der Waals surface area contributed by atoms with E-state index in [4.69, 9.17) is 0 Å². The quantitative estimate of drug-likeness (QED) is 0.481. The van der Waals surface area contributed by atoms with Crippen LogP contribution in [-0.4, -0.2) is 31.5 Å². The first-order valence-corrected chi connectivity index (χ1v) is 9.36. The highest BCUT2D eigenvalue weighted by Gasteiger charge is 2.35. The van der Waals surface area contributed by atoms with Gasteiger partial charge in [-0.05, 0) is 48.9 Å². The Morgan fingerprint density at radius 2 is 1.97 bits per heavy atom. The van der Waals surface area contributed by atoms with Gasteiger partial charge in [0.2, 0.25) is 0 Å². The Kier molecular flexibility index (Phi) is 3.96. The van der Waals surface area contributed by atoms with Crippen molar-refractivity contribution in [2.75, 3.05) is 6.67 Å². The van der Waals surface area contributed by atoms with Gasteiger partial charge in [-0.2, -0.15) is 5.10 Å². The number of nitrogens with one attached hydrogen (secondary N) is 1. The number of aliphatic hydroxyl groups is 1. The number of nitrogens with zero attached hydrogens (tertiary/aromatic N) is 3. The molecule has 0 saturated carbocycles. The van der Waals surface area contributed by atoms with Crippen LogP contribution in [0.2, 0.25) is 0 Å². The monoisotopic (exact) mass is 386 g/mol. The molecule has 3 aromatic heterocycles. The van der Waals surface area contributed by atoms with Crippen LogP contribution in [-0.2, 0) is 5.60 Å². The molecule has 0 radical (unpaired) electrons. The Bertz CT molecular complexity index is 1320. The number of pyridine rings is 1. The highest BCUT2D eigenvalue weighted by atomic mass is 19.1. The van der Waals surface area contributed by atoms with E-state index in [1.165, 1.54) is 5.56 Å². The molecule has 0 spiro atoms. The molecule has 2 N–H and O–H groups in total. The normalized spacial score (nSPS) is 13.8. The lowest BCUT2D eigenvalue weighted by Gasteiger charge is -2.25. The van der Waals surface area contributed by atoms with Crippen molar-refractivity contribution >= 4 is 21.9 Å². The molecule has 0 aliphatic rings. The Labute approximate surface area is 166 Å². The van der Waals surface area contributed by atoms with E-state index < -0.39 is 12.3 Å². The molecule has 5 nitrogen and oxygen atoms in total. The van der Waals surface area contributed by atoms with Crippen molar-refractivity contribution in [3.05, 3.63) is 89.9 Å². The van der Waals surface area contributed by atoms with Crippen molar-refractivity contribution in [3.8, 4) is 5.69 Å². The van der Waals surface area contributed by atoms with Crippen molar-refractivity contribution in [2.24, 2.45) is 0 Å². The van der Waals surface area contributed by atoms with E-state index in [0.29, 0.717) is 22.2 Å². The molecule has 0 saturated heterocycles. The summed E-state index contributed by atoms with van der Waals surface area (Å²) in [6.07, 6.45) is 5.01. The number of aromatic nitrogens is 4. The molecular weight excluding hydrogens is 367 g/mol. The summed E-state index contributed by atoms with van der Waals surface area (Å²) >= 11 is 0. The second-order valence-electron chi connectivity index (χ2n) is 7.26. The second kappa shape index (κ2) is 6.53. The van der Waals surface area contributed by atoms with Crippen molar-refractivity contribution in [1.29, 1.82) is 0 Å². The fraction of sp³-hybridized carbons (Fsp3) is 0.130. The van der Waals surface area contributed by atoms with E-state index >= 15 is 0 Å². The third kappa shape index (κ3) is 2.72. The molecule has 144 valence electrons. The number of H-pyrrole nitrogens is 1. The lowest BCUT2D eigenvalue weighted by atomic mass is 9.87. The molecule has 0 bridgehead atoms. The number of rotatable bonds is 4. The summed E-state index contributed by atoms with van der Waals surface area (Å²) in [7, 11) is 0. The smallest absolute Gasteiger partial charge is 0.145 e. The molecule has 1 atom stereocenters. The second-order valence-corrected chi connectivity index (χ2v) is 7.26. The van der Waals surface area contributed by atoms with Gasteiger partial charge in [0.05, 0.1) is 17.4 Å². The fourth-order valence-corrected chi connectivity index (χ4v) is 3.78. The molecule has 29 heavy (non-hydrogen) atoms. The summed E-state index contributed by atoms with van der Waals surface area (Å²) in [6.45, 7) is 1.09. The van der Waals surface area contributed by atoms with Crippen LogP contribution in [0.5, 0.6) is 0 Å². The van der Waals surface area contributed by atoms with E-state index in [1.807, 2.05) is 48.0 Å². The van der Waals surface area contributed by atoms with Gasteiger partial charge in [-0.15, -0.1) is 0 Å². The standard InChI is InChI=1S/C23H19FN4O/c1-15-4-7-18(8-5-15)28-21-9-6-17(11-16(21)12-27-28)23(29,14-24)20-13-26-22-19(20)3-2-10-25-22/h2-13,29H,14H2,1H3,(H,25,26). The predicted molar refractivity (Wildman–Crippen MR) is 111 cm³/mol. The number of hydrogen-bond donors (Lipinski definition) is 2. The molecule has 0 fully saturated rings. The molecule has 0 aliphatic heterocycles. The number of hydrogen-bond acceptors (Lipinski definition) is 3. The van der Waals surface area contributed by atoms with Gasteiger partial charge in [0.1, 0.15) is 17.9 Å². The number of fused-ring (bicyclic) bond motifs is 2. The summed E-state index contributed by atoms with van der Waals surface area (Å²) < 4.78 is 16.1. The van der Waals surface area contributed by atoms with Crippen molar-refractivity contribution in [3.63, 3.8) is 0 Å². The molecule has 1 unspecified atom stereocenters. The molecule has 3 heterocycles. The van der Waals surface area contributed by atoms with Gasteiger partial charge in [-0.1, -0.05) is 23.8 Å². The van der Waals surface area contributed by atoms with Crippen LogP contribution in [0, 0.1) is 6.92 Å². The van der Waals surface area contributed by atoms with Crippen LogP contribution in [0.15, 0.2) is 73.2 Å². The van der Waals surface area contributed by atoms with Gasteiger partial charge in [-0.3, -0.25) is 0 Å². The van der Waals surface area contributed by atoms with Crippen LogP contribution < -0.4 is 0 Å². The zero-order valence-corrected chi connectivity index (χ0v) is 15.8. The Morgan fingerprint density at radius 1 is 1.14 bits per heavy atom. The topological polar surface area (TPSA) is 66.7 Å². The molecule has 5 aromatic rings. The number of alkyl halides is 1. The van der Waals surface area contributed by atoms with E-state index in [2.05, 4.69) is 15.1 Å². The first-order chi connectivity index (χ1) is 14.1. The number of benzene rings is 2. The Morgan fingerprint density at radius 3 is 2.76 bits per heavy atom. The maximum absolute atomic E-state index is 14.2. The average Bonchev–Trinajstić information content (AvgIpc) is 3.38. The molecule has 2 aromatic carbocycles. The summed E-state index contributed by atoms with van der Waals surface area (Å²) in [6, 6.07) is 17.1. The molecule has 0 amide bonds. The molecule has 0 aliphatic carbocycles. The number of aryl methyl sites for hydroxylation is 1. The maximum atomic E-state index is 14.2. The van der Waals surface area contributed by atoms with Gasteiger partial charge in [0.15, 0.2) is 0 Å². The zero-order valence-electron chi connectivity index (χ0n) is 15.8. The van der Waals surface area contributed by atoms with Crippen LogP contribution in [0.3, 0.4) is 0 Å². The van der Waals surface area contributed by atoms with Gasteiger partial charge >= 0.3 is 0 Å². The van der Waals surface area contributed by atoms with E-state index in [1.54, 1.807) is 36.8 Å². The van der Waals surface area contributed by atoms with Gasteiger partial charge < -0.3 is 10.1 Å². The van der Waals surface area contributed by atoms with E-state index in [-0.39, 0.29) is 0 Å². The average molecular weight is 386 g/mol. The van der Waals surface area contributed by atoms with Crippen molar-refractivity contribution in [1.82, 2.24) is 19.7 Å². The van der Waals surface area contributed by atoms with E-state index in [9.17, 15) is 9.50 Å². The SMILES string of the molecule is Cc1ccc(-n2ncc3cc(C(O)(CF)c4c[nH]c5ncccc45)ccc32)cc1. The molecular formula is C23H19FN4O. The summed E-state index contributed by atoms with van der Waals surface area (Å²) in [5, 5.41) is 17.3. The third-order valence-corrected chi connectivity index (χ3v) is 5.41. The molecule has 6 heteroatoms. The van der Waals surface area contributed by atoms with Gasteiger partial charge in [0.25, 0.3) is 0 Å². The number of aromatic amines is 1. The fourth-order valence-electron chi connectivity index (χ4n) is 3.78. The van der Waals surface area contributed by atoms with Gasteiger partial charge in [0, 0.05) is 28.7 Å². The Balaban J connectivity index is 1.63. The minimum Gasteiger partial charge on any atom is -0.378 e. The number of halogens is 1. The van der Waals surface area contributed by atoms with Crippen molar-refractivity contribution < 1.29 is 9.50 Å². The summed E-state index contributed by atoms with van der Waals surface area (Å²) in [5.41, 5.74) is 2.79. The minimum atomic E-state index is -1.78. The maximum Gasteiger partial charge on any atom is 0.145 e. The van der Waals surface area contributed by atoms with Crippen LogP contribution in [0.1, 0.15) is 16.7 Å². The third-order valence-electron chi connectivity index (χ3n) is 5.41. The largest absolute Gasteiger partial charge is 0.378 e. The van der Waals surface area contributed by atoms with Gasteiger partial charge in [-0.25, -0.2) is 14.1 Å². The van der Waals surface area contributed by atoms with Crippen LogP contribution in [0.4, 0.5) is 4.39 Å². The van der Waals surface area contributed by atoms with Crippen molar-refractivity contribution in [2.45, 2.75) is 12.5 Å². The van der Waals surface area contributed by atoms with Crippen LogP contribution >= 0.6 is 0 Å².